The average molecular weight is 273 g/mol. The molecule has 3 rings (SSSR count). The smallest absolute Gasteiger partial charge is 0.122 e. The maximum absolute atomic E-state index is 6.75. The molecule has 0 amide bonds. The summed E-state index contributed by atoms with van der Waals surface area (Å²) in [6, 6.07) is 8.77. The molecular formula is C18H27NO. The van der Waals surface area contributed by atoms with Crippen molar-refractivity contribution >= 4 is 0 Å². The van der Waals surface area contributed by atoms with E-state index in [2.05, 4.69) is 31.2 Å². The standard InChI is InChI=1S/C18H27NO/c1-2-13-7-3-4-8-14(13)18(19)16-11-12-20-17-10-6-5-9-15(16)17/h5-6,9-10,13-14,16,18H,2-4,7-8,11-12,19H2,1H3. The lowest BCUT2D eigenvalue weighted by Gasteiger charge is -2.40. The van der Waals surface area contributed by atoms with E-state index < -0.39 is 0 Å². The Balaban J connectivity index is 1.82. The van der Waals surface area contributed by atoms with Crippen LogP contribution in [0, 0.1) is 11.8 Å². The van der Waals surface area contributed by atoms with E-state index >= 15 is 0 Å². The minimum Gasteiger partial charge on any atom is -0.493 e. The van der Waals surface area contributed by atoms with Crippen molar-refractivity contribution < 1.29 is 4.74 Å². The van der Waals surface area contributed by atoms with Crippen LogP contribution in [0.1, 0.15) is 56.9 Å². The normalized spacial score (nSPS) is 31.2. The fourth-order valence-electron chi connectivity index (χ4n) is 4.32. The van der Waals surface area contributed by atoms with Crippen molar-refractivity contribution in [3.63, 3.8) is 0 Å². The largest absolute Gasteiger partial charge is 0.493 e. The zero-order chi connectivity index (χ0) is 13.9. The molecule has 4 atom stereocenters. The van der Waals surface area contributed by atoms with Gasteiger partial charge in [-0.1, -0.05) is 50.8 Å². The second-order valence-corrected chi connectivity index (χ2v) is 6.48. The number of hydrogen-bond donors (Lipinski definition) is 1. The predicted molar refractivity (Wildman–Crippen MR) is 83.0 cm³/mol. The summed E-state index contributed by atoms with van der Waals surface area (Å²) in [6.45, 7) is 3.15. The predicted octanol–water partition coefficient (Wildman–Crippen LogP) is 4.10. The SMILES string of the molecule is CCC1CCCCC1C(N)C1CCOc2ccccc21. The van der Waals surface area contributed by atoms with Gasteiger partial charge in [0.25, 0.3) is 0 Å². The third-order valence-electron chi connectivity index (χ3n) is 5.46. The molecule has 1 fully saturated rings. The quantitative estimate of drug-likeness (QED) is 0.900. The van der Waals surface area contributed by atoms with E-state index in [-0.39, 0.29) is 0 Å². The van der Waals surface area contributed by atoms with Gasteiger partial charge < -0.3 is 10.5 Å². The minimum atomic E-state index is 0.297. The van der Waals surface area contributed by atoms with Crippen LogP contribution in [0.15, 0.2) is 24.3 Å². The van der Waals surface area contributed by atoms with Crippen molar-refractivity contribution in [2.24, 2.45) is 17.6 Å². The highest BCUT2D eigenvalue weighted by Gasteiger charge is 2.35. The lowest BCUT2D eigenvalue weighted by Crippen LogP contribution is -2.42. The first kappa shape index (κ1) is 13.9. The Morgan fingerprint density at radius 3 is 2.85 bits per heavy atom. The van der Waals surface area contributed by atoms with E-state index in [0.717, 1.165) is 24.7 Å². The molecule has 2 heteroatoms. The van der Waals surface area contributed by atoms with Crippen LogP contribution in [0.4, 0.5) is 0 Å². The maximum Gasteiger partial charge on any atom is 0.122 e. The average Bonchev–Trinajstić information content (AvgIpc) is 2.53. The maximum atomic E-state index is 6.75. The van der Waals surface area contributed by atoms with Crippen molar-refractivity contribution in [3.8, 4) is 5.75 Å². The highest BCUT2D eigenvalue weighted by atomic mass is 16.5. The number of para-hydroxylation sites is 1. The van der Waals surface area contributed by atoms with Crippen LogP contribution < -0.4 is 10.5 Å². The molecule has 1 aliphatic carbocycles. The molecular weight excluding hydrogens is 246 g/mol. The number of hydrogen-bond acceptors (Lipinski definition) is 2. The molecule has 2 nitrogen and oxygen atoms in total. The second kappa shape index (κ2) is 6.17. The molecule has 0 radical (unpaired) electrons. The first-order chi connectivity index (χ1) is 9.81. The fourth-order valence-corrected chi connectivity index (χ4v) is 4.32. The van der Waals surface area contributed by atoms with Gasteiger partial charge in [-0.2, -0.15) is 0 Å². The van der Waals surface area contributed by atoms with E-state index in [1.807, 2.05) is 0 Å². The Kier molecular flexibility index (Phi) is 4.30. The Bertz CT molecular complexity index is 445. The van der Waals surface area contributed by atoms with Gasteiger partial charge in [0.2, 0.25) is 0 Å². The van der Waals surface area contributed by atoms with Gasteiger partial charge in [-0.15, -0.1) is 0 Å². The third kappa shape index (κ3) is 2.58. The summed E-state index contributed by atoms with van der Waals surface area (Å²) in [5.74, 6) is 3.07. The van der Waals surface area contributed by atoms with E-state index in [4.69, 9.17) is 10.5 Å². The number of ether oxygens (including phenoxy) is 1. The van der Waals surface area contributed by atoms with Crippen molar-refractivity contribution in [1.82, 2.24) is 0 Å². The Hall–Kier alpha value is -1.02. The summed E-state index contributed by atoms with van der Waals surface area (Å²) in [5.41, 5.74) is 8.09. The van der Waals surface area contributed by atoms with Crippen molar-refractivity contribution in [2.75, 3.05) is 6.61 Å². The van der Waals surface area contributed by atoms with Crippen LogP contribution in [0.2, 0.25) is 0 Å². The van der Waals surface area contributed by atoms with Gasteiger partial charge in [0, 0.05) is 12.0 Å². The highest BCUT2D eigenvalue weighted by Crippen LogP contribution is 2.42. The van der Waals surface area contributed by atoms with Gasteiger partial charge >= 0.3 is 0 Å². The summed E-state index contributed by atoms with van der Waals surface area (Å²) >= 11 is 0. The van der Waals surface area contributed by atoms with Crippen LogP contribution in [0.25, 0.3) is 0 Å². The molecule has 20 heavy (non-hydrogen) atoms. The lowest BCUT2D eigenvalue weighted by atomic mass is 9.69. The van der Waals surface area contributed by atoms with E-state index in [0.29, 0.717) is 17.9 Å². The lowest BCUT2D eigenvalue weighted by molar-refractivity contribution is 0.160. The zero-order valence-corrected chi connectivity index (χ0v) is 12.6. The van der Waals surface area contributed by atoms with Crippen LogP contribution in [-0.2, 0) is 0 Å². The van der Waals surface area contributed by atoms with Gasteiger partial charge in [-0.3, -0.25) is 0 Å². The summed E-state index contributed by atoms with van der Waals surface area (Å²) < 4.78 is 5.79. The van der Waals surface area contributed by atoms with Crippen LogP contribution in [0.3, 0.4) is 0 Å². The molecule has 0 aromatic heterocycles. The van der Waals surface area contributed by atoms with Crippen molar-refractivity contribution in [2.45, 2.75) is 57.4 Å². The second-order valence-electron chi connectivity index (χ2n) is 6.48. The molecule has 1 aromatic carbocycles. The van der Waals surface area contributed by atoms with Gasteiger partial charge in [-0.05, 0) is 36.3 Å². The van der Waals surface area contributed by atoms with E-state index in [9.17, 15) is 0 Å². The molecule has 1 aliphatic heterocycles. The van der Waals surface area contributed by atoms with E-state index in [1.54, 1.807) is 0 Å². The molecule has 110 valence electrons. The monoisotopic (exact) mass is 273 g/mol. The Morgan fingerprint density at radius 2 is 2.00 bits per heavy atom. The van der Waals surface area contributed by atoms with Gasteiger partial charge in [0.15, 0.2) is 0 Å². The molecule has 0 bridgehead atoms. The molecule has 0 spiro atoms. The van der Waals surface area contributed by atoms with Crippen molar-refractivity contribution in [1.29, 1.82) is 0 Å². The molecule has 2 aliphatic rings. The summed E-state index contributed by atoms with van der Waals surface area (Å²) in [6.07, 6.45) is 7.80. The topological polar surface area (TPSA) is 35.2 Å². The van der Waals surface area contributed by atoms with Crippen molar-refractivity contribution in [3.05, 3.63) is 29.8 Å². The molecule has 0 saturated heterocycles. The first-order valence-electron chi connectivity index (χ1n) is 8.28. The molecule has 1 aromatic rings. The molecule has 1 heterocycles. The van der Waals surface area contributed by atoms with Gasteiger partial charge in [0.1, 0.15) is 5.75 Å². The summed E-state index contributed by atoms with van der Waals surface area (Å²) in [7, 11) is 0. The zero-order valence-electron chi connectivity index (χ0n) is 12.6. The third-order valence-corrected chi connectivity index (χ3v) is 5.46. The van der Waals surface area contributed by atoms with Crippen LogP contribution in [0.5, 0.6) is 5.75 Å². The minimum absolute atomic E-state index is 0.297. The van der Waals surface area contributed by atoms with Crippen LogP contribution >= 0.6 is 0 Å². The molecule has 4 unspecified atom stereocenters. The molecule has 1 saturated carbocycles. The van der Waals surface area contributed by atoms with Gasteiger partial charge in [-0.25, -0.2) is 0 Å². The fraction of sp³-hybridized carbons (Fsp3) is 0.667. The number of fused-ring (bicyclic) bond motifs is 1. The Morgan fingerprint density at radius 1 is 1.20 bits per heavy atom. The summed E-state index contributed by atoms with van der Waals surface area (Å²) in [4.78, 5) is 0. The highest BCUT2D eigenvalue weighted by molar-refractivity contribution is 5.38. The number of rotatable bonds is 3. The van der Waals surface area contributed by atoms with E-state index in [1.165, 1.54) is 37.7 Å². The van der Waals surface area contributed by atoms with Gasteiger partial charge in [0.05, 0.1) is 6.61 Å². The Labute approximate surface area is 122 Å². The molecule has 2 N–H and O–H groups in total. The number of nitrogens with two attached hydrogens (primary N) is 1. The summed E-state index contributed by atoms with van der Waals surface area (Å²) in [5, 5.41) is 0. The van der Waals surface area contributed by atoms with Crippen LogP contribution in [-0.4, -0.2) is 12.6 Å². The number of benzene rings is 1. The first-order valence-corrected chi connectivity index (χ1v) is 8.28.